The van der Waals surface area contributed by atoms with E-state index in [9.17, 15) is 14.4 Å². The van der Waals surface area contributed by atoms with Crippen molar-refractivity contribution in [3.8, 4) is 0 Å². The number of halogens is 3. The summed E-state index contributed by atoms with van der Waals surface area (Å²) in [5.74, 6) is -1.62. The van der Waals surface area contributed by atoms with E-state index in [0.29, 0.717) is 11.4 Å². The summed E-state index contributed by atoms with van der Waals surface area (Å²) in [6.45, 7) is 2.80. The second-order valence-corrected chi connectivity index (χ2v) is 6.71. The van der Waals surface area contributed by atoms with Gasteiger partial charge in [-0.15, -0.1) is 0 Å². The van der Waals surface area contributed by atoms with Crippen LogP contribution in [0.1, 0.15) is 24.2 Å². The van der Waals surface area contributed by atoms with E-state index in [1.807, 2.05) is 0 Å². The van der Waals surface area contributed by atoms with Gasteiger partial charge < -0.3 is 15.4 Å². The summed E-state index contributed by atoms with van der Waals surface area (Å²) < 4.78 is 5.13. The van der Waals surface area contributed by atoms with Crippen molar-refractivity contribution in [2.75, 3.05) is 10.6 Å². The first-order valence-corrected chi connectivity index (χ1v) is 8.85. The zero-order valence-electron chi connectivity index (χ0n) is 14.3. The van der Waals surface area contributed by atoms with Crippen LogP contribution in [-0.4, -0.2) is 23.9 Å². The van der Waals surface area contributed by atoms with Crippen LogP contribution in [0.5, 0.6) is 0 Å². The largest absolute Gasteiger partial charge is 0.449 e. The third kappa shape index (κ3) is 5.60. The molecule has 0 spiro atoms. The number of hydrogen-bond acceptors (Lipinski definition) is 4. The van der Waals surface area contributed by atoms with E-state index in [0.717, 1.165) is 0 Å². The van der Waals surface area contributed by atoms with Crippen molar-refractivity contribution < 1.29 is 19.1 Å². The molecule has 0 fully saturated rings. The van der Waals surface area contributed by atoms with E-state index in [-0.39, 0.29) is 26.5 Å². The number of rotatable bonds is 5. The summed E-state index contributed by atoms with van der Waals surface area (Å²) in [5.41, 5.74) is 0.950. The van der Waals surface area contributed by atoms with Crippen molar-refractivity contribution in [1.82, 2.24) is 0 Å². The Bertz CT molecular complexity index is 885. The van der Waals surface area contributed by atoms with Gasteiger partial charge in [0.25, 0.3) is 5.91 Å². The van der Waals surface area contributed by atoms with E-state index in [4.69, 9.17) is 39.5 Å². The number of carbonyl (C=O) groups is 3. The number of anilines is 2. The second kappa shape index (κ2) is 9.08. The molecule has 0 heterocycles. The van der Waals surface area contributed by atoms with Crippen LogP contribution in [-0.2, 0) is 14.3 Å². The number of hydrogen-bond donors (Lipinski definition) is 2. The molecule has 0 saturated carbocycles. The van der Waals surface area contributed by atoms with Gasteiger partial charge in [-0.2, -0.15) is 0 Å². The quantitative estimate of drug-likeness (QED) is 0.529. The van der Waals surface area contributed by atoms with Gasteiger partial charge in [-0.05, 0) is 43.3 Å². The highest BCUT2D eigenvalue weighted by Gasteiger charge is 2.24. The van der Waals surface area contributed by atoms with E-state index in [2.05, 4.69) is 10.6 Å². The van der Waals surface area contributed by atoms with Crippen LogP contribution < -0.4 is 10.6 Å². The summed E-state index contributed by atoms with van der Waals surface area (Å²) in [4.78, 5) is 35.5. The van der Waals surface area contributed by atoms with Crippen molar-refractivity contribution in [3.63, 3.8) is 0 Å². The second-order valence-electron chi connectivity index (χ2n) is 5.51. The molecule has 2 rings (SSSR count). The molecule has 0 bridgehead atoms. The number of amides is 2. The van der Waals surface area contributed by atoms with Crippen LogP contribution >= 0.6 is 34.8 Å². The molecule has 2 N–H and O–H groups in total. The Balaban J connectivity index is 2.02. The Hall–Kier alpha value is -2.28. The van der Waals surface area contributed by atoms with Gasteiger partial charge in [0.1, 0.15) is 0 Å². The van der Waals surface area contributed by atoms with Crippen molar-refractivity contribution in [1.29, 1.82) is 0 Å². The molecule has 6 nitrogen and oxygen atoms in total. The molecule has 2 amide bonds. The zero-order chi connectivity index (χ0) is 20.1. The van der Waals surface area contributed by atoms with Crippen LogP contribution in [0.4, 0.5) is 11.4 Å². The first-order valence-electron chi connectivity index (χ1n) is 7.72. The Morgan fingerprint density at radius 1 is 0.889 bits per heavy atom. The lowest BCUT2D eigenvalue weighted by atomic mass is 10.2. The molecular formula is C18H15Cl3N2O4. The van der Waals surface area contributed by atoms with Crippen molar-refractivity contribution in [3.05, 3.63) is 57.0 Å². The molecule has 2 aromatic rings. The molecule has 0 saturated heterocycles. The molecular weight excluding hydrogens is 415 g/mol. The first kappa shape index (κ1) is 21.0. The molecule has 0 aliphatic heterocycles. The maximum Gasteiger partial charge on any atom is 0.342 e. The minimum Gasteiger partial charge on any atom is -0.449 e. The maximum atomic E-state index is 12.3. The van der Waals surface area contributed by atoms with Crippen LogP contribution in [0.3, 0.4) is 0 Å². The lowest BCUT2D eigenvalue weighted by Gasteiger charge is -2.15. The minimum atomic E-state index is -1.11. The monoisotopic (exact) mass is 428 g/mol. The van der Waals surface area contributed by atoms with Gasteiger partial charge in [-0.1, -0.05) is 34.8 Å². The highest BCUT2D eigenvalue weighted by Crippen LogP contribution is 2.32. The zero-order valence-corrected chi connectivity index (χ0v) is 16.6. The number of esters is 1. The molecule has 9 heteroatoms. The summed E-state index contributed by atoms with van der Waals surface area (Å²) in [6, 6.07) is 9.31. The predicted molar refractivity (Wildman–Crippen MR) is 106 cm³/mol. The molecule has 27 heavy (non-hydrogen) atoms. The Morgan fingerprint density at radius 2 is 1.41 bits per heavy atom. The van der Waals surface area contributed by atoms with Gasteiger partial charge in [-0.25, -0.2) is 4.79 Å². The Labute approximate surface area is 170 Å². The molecule has 1 unspecified atom stereocenters. The third-order valence-corrected chi connectivity index (χ3v) is 4.49. The van der Waals surface area contributed by atoms with Gasteiger partial charge in [0, 0.05) is 18.3 Å². The molecule has 0 aliphatic rings. The number of ether oxygens (including phenoxy) is 1. The van der Waals surface area contributed by atoms with E-state index in [1.165, 1.54) is 26.0 Å². The summed E-state index contributed by atoms with van der Waals surface area (Å²) in [5, 5.41) is 5.37. The molecule has 1 atom stereocenters. The lowest BCUT2D eigenvalue weighted by Crippen LogP contribution is -2.30. The van der Waals surface area contributed by atoms with Crippen molar-refractivity contribution in [2.24, 2.45) is 0 Å². The number of nitrogens with one attached hydrogen (secondary N) is 2. The van der Waals surface area contributed by atoms with Gasteiger partial charge in [-0.3, -0.25) is 9.59 Å². The van der Waals surface area contributed by atoms with Gasteiger partial charge in [0.2, 0.25) is 5.91 Å². The van der Waals surface area contributed by atoms with Gasteiger partial charge in [0.15, 0.2) is 6.10 Å². The highest BCUT2D eigenvalue weighted by molar-refractivity contribution is 6.46. The average molecular weight is 430 g/mol. The maximum absolute atomic E-state index is 12.3. The highest BCUT2D eigenvalue weighted by atomic mass is 35.5. The normalized spacial score (nSPS) is 11.4. The molecule has 0 aromatic heterocycles. The first-order chi connectivity index (χ1) is 12.7. The van der Waals surface area contributed by atoms with Crippen LogP contribution in [0.2, 0.25) is 15.1 Å². The van der Waals surface area contributed by atoms with E-state index >= 15 is 0 Å². The van der Waals surface area contributed by atoms with Gasteiger partial charge >= 0.3 is 5.97 Å². The van der Waals surface area contributed by atoms with Crippen LogP contribution in [0, 0.1) is 0 Å². The molecule has 0 radical (unpaired) electrons. The molecule has 0 aliphatic carbocycles. The number of carbonyl (C=O) groups excluding carboxylic acids is 3. The minimum absolute atomic E-state index is 0.0460. The Kier molecular flexibility index (Phi) is 7.07. The summed E-state index contributed by atoms with van der Waals surface area (Å²) in [7, 11) is 0. The average Bonchev–Trinajstić information content (AvgIpc) is 2.59. The fraction of sp³-hybridized carbons (Fsp3) is 0.167. The standard InChI is InChI=1S/C18H15Cl3N2O4/c1-9(27-18(26)15-13(19)7-8-14(20)16(15)21)17(25)23-12-5-3-11(4-6-12)22-10(2)24/h3-9H,1-2H3,(H,22,24)(H,23,25). The predicted octanol–water partition coefficient (Wildman–Crippen LogP) is 4.79. The fourth-order valence-electron chi connectivity index (χ4n) is 2.07. The smallest absolute Gasteiger partial charge is 0.342 e. The molecule has 2 aromatic carbocycles. The van der Waals surface area contributed by atoms with E-state index in [1.54, 1.807) is 24.3 Å². The fourth-order valence-corrected chi connectivity index (χ4v) is 2.75. The van der Waals surface area contributed by atoms with Gasteiger partial charge in [0.05, 0.1) is 20.6 Å². The summed E-state index contributed by atoms with van der Waals surface area (Å²) in [6.07, 6.45) is -1.11. The van der Waals surface area contributed by atoms with E-state index < -0.39 is 18.0 Å². The van der Waals surface area contributed by atoms with Crippen LogP contribution in [0.15, 0.2) is 36.4 Å². The summed E-state index contributed by atoms with van der Waals surface area (Å²) >= 11 is 17.8. The van der Waals surface area contributed by atoms with Crippen molar-refractivity contribution in [2.45, 2.75) is 20.0 Å². The topological polar surface area (TPSA) is 84.5 Å². The molecule has 142 valence electrons. The lowest BCUT2D eigenvalue weighted by molar-refractivity contribution is -0.123. The van der Waals surface area contributed by atoms with Crippen LogP contribution in [0.25, 0.3) is 0 Å². The number of benzene rings is 2. The SMILES string of the molecule is CC(=O)Nc1ccc(NC(=O)C(C)OC(=O)c2c(Cl)ccc(Cl)c2Cl)cc1. The third-order valence-electron chi connectivity index (χ3n) is 3.37. The Morgan fingerprint density at radius 3 is 1.96 bits per heavy atom. The van der Waals surface area contributed by atoms with Crippen molar-refractivity contribution >= 4 is 64.0 Å².